The van der Waals surface area contributed by atoms with Crippen LogP contribution in [0.2, 0.25) is 5.02 Å². The van der Waals surface area contributed by atoms with Crippen LogP contribution in [0.3, 0.4) is 0 Å². The van der Waals surface area contributed by atoms with Crippen LogP contribution in [0.4, 0.5) is 5.88 Å². The fourth-order valence-corrected chi connectivity index (χ4v) is 2.65. The standard InChI is InChI=1S/C17H16ClNO5/c1-9-6-11(18)5-4-10(9)8-19-13-7-12-14(15(20)22-13)16(21)24-17(2,3)23-12/h4-7,19H,8H2,1-3H3. The number of rotatable bonds is 3. The molecule has 0 aliphatic carbocycles. The van der Waals surface area contributed by atoms with Gasteiger partial charge in [0.25, 0.3) is 0 Å². The Labute approximate surface area is 143 Å². The molecule has 7 heteroatoms. The maximum absolute atomic E-state index is 12.0. The molecule has 126 valence electrons. The van der Waals surface area contributed by atoms with E-state index in [1.54, 1.807) is 19.9 Å². The van der Waals surface area contributed by atoms with E-state index in [-0.39, 0.29) is 17.2 Å². The topological polar surface area (TPSA) is 77.8 Å². The minimum absolute atomic E-state index is 0.142. The maximum atomic E-state index is 12.0. The molecule has 6 nitrogen and oxygen atoms in total. The van der Waals surface area contributed by atoms with Crippen molar-refractivity contribution < 1.29 is 18.7 Å². The Balaban J connectivity index is 1.87. The number of hydrogen-bond acceptors (Lipinski definition) is 6. The van der Waals surface area contributed by atoms with Crippen molar-refractivity contribution in [2.45, 2.75) is 33.1 Å². The number of carbonyl (C=O) groups excluding carboxylic acids is 1. The van der Waals surface area contributed by atoms with Gasteiger partial charge in [-0.2, -0.15) is 0 Å². The zero-order chi connectivity index (χ0) is 17.5. The third kappa shape index (κ3) is 3.23. The van der Waals surface area contributed by atoms with Crippen LogP contribution in [-0.4, -0.2) is 11.8 Å². The van der Waals surface area contributed by atoms with Gasteiger partial charge < -0.3 is 19.2 Å². The number of esters is 1. The van der Waals surface area contributed by atoms with E-state index < -0.39 is 17.4 Å². The normalized spacial score (nSPS) is 15.2. The summed E-state index contributed by atoms with van der Waals surface area (Å²) in [5, 5.41) is 3.67. The van der Waals surface area contributed by atoms with E-state index in [1.165, 1.54) is 6.07 Å². The lowest BCUT2D eigenvalue weighted by Gasteiger charge is -2.30. The average Bonchev–Trinajstić information content (AvgIpc) is 2.43. The predicted molar refractivity (Wildman–Crippen MR) is 88.6 cm³/mol. The van der Waals surface area contributed by atoms with E-state index >= 15 is 0 Å². The second-order valence-corrected chi connectivity index (χ2v) is 6.39. The Morgan fingerprint density at radius 2 is 1.92 bits per heavy atom. The van der Waals surface area contributed by atoms with Crippen molar-refractivity contribution in [2.75, 3.05) is 5.32 Å². The molecule has 0 unspecified atom stereocenters. The number of anilines is 1. The summed E-state index contributed by atoms with van der Waals surface area (Å²) in [7, 11) is 0. The molecule has 0 bridgehead atoms. The molecule has 0 saturated heterocycles. The molecule has 0 atom stereocenters. The third-order valence-electron chi connectivity index (χ3n) is 3.57. The summed E-state index contributed by atoms with van der Waals surface area (Å²) in [5.74, 6) is -1.54. The minimum atomic E-state index is -1.14. The average molecular weight is 350 g/mol. The van der Waals surface area contributed by atoms with E-state index in [9.17, 15) is 9.59 Å². The summed E-state index contributed by atoms with van der Waals surface area (Å²) in [6.45, 7) is 5.55. The lowest BCUT2D eigenvalue weighted by Crippen LogP contribution is -2.41. The SMILES string of the molecule is Cc1cc(Cl)ccc1CNc1cc2c(c(=O)o1)C(=O)OC(C)(C)O2. The van der Waals surface area contributed by atoms with E-state index in [0.29, 0.717) is 11.6 Å². The maximum Gasteiger partial charge on any atom is 0.356 e. The number of fused-ring (bicyclic) bond motifs is 1. The summed E-state index contributed by atoms with van der Waals surface area (Å²) in [6.07, 6.45) is 0. The highest BCUT2D eigenvalue weighted by molar-refractivity contribution is 6.30. The highest BCUT2D eigenvalue weighted by Crippen LogP contribution is 2.31. The first-order chi connectivity index (χ1) is 11.2. The second kappa shape index (κ2) is 5.87. The van der Waals surface area contributed by atoms with E-state index in [1.807, 2.05) is 19.1 Å². The van der Waals surface area contributed by atoms with Crippen molar-refractivity contribution in [1.82, 2.24) is 0 Å². The minimum Gasteiger partial charge on any atom is -0.451 e. The first-order valence-corrected chi connectivity index (χ1v) is 7.72. The third-order valence-corrected chi connectivity index (χ3v) is 3.81. The van der Waals surface area contributed by atoms with Crippen LogP contribution in [0.15, 0.2) is 33.5 Å². The predicted octanol–water partition coefficient (Wildman–Crippen LogP) is 3.50. The summed E-state index contributed by atoms with van der Waals surface area (Å²) >= 11 is 5.93. The van der Waals surface area contributed by atoms with Gasteiger partial charge in [-0.25, -0.2) is 9.59 Å². The van der Waals surface area contributed by atoms with Crippen LogP contribution in [0.25, 0.3) is 0 Å². The smallest absolute Gasteiger partial charge is 0.356 e. The number of nitrogens with one attached hydrogen (secondary N) is 1. The monoisotopic (exact) mass is 349 g/mol. The number of benzene rings is 1. The second-order valence-electron chi connectivity index (χ2n) is 5.95. The molecule has 1 aliphatic heterocycles. The van der Waals surface area contributed by atoms with Gasteiger partial charge in [0, 0.05) is 31.5 Å². The van der Waals surface area contributed by atoms with Crippen molar-refractivity contribution >= 4 is 23.5 Å². The fraction of sp³-hybridized carbons (Fsp3) is 0.294. The summed E-state index contributed by atoms with van der Waals surface area (Å²) in [5.41, 5.74) is 0.975. The van der Waals surface area contributed by atoms with Gasteiger partial charge >= 0.3 is 11.6 Å². The van der Waals surface area contributed by atoms with Crippen molar-refractivity contribution in [3.8, 4) is 5.75 Å². The molecule has 0 radical (unpaired) electrons. The van der Waals surface area contributed by atoms with Crippen molar-refractivity contribution in [2.24, 2.45) is 0 Å². The molecular formula is C17H16ClNO5. The number of aryl methyl sites for hydroxylation is 1. The molecule has 1 N–H and O–H groups in total. The number of hydrogen-bond donors (Lipinski definition) is 1. The number of ether oxygens (including phenoxy) is 2. The Bertz CT molecular complexity index is 872. The van der Waals surface area contributed by atoms with Gasteiger partial charge in [0.05, 0.1) is 0 Å². The summed E-state index contributed by atoms with van der Waals surface area (Å²) in [4.78, 5) is 23.9. The molecule has 0 amide bonds. The van der Waals surface area contributed by atoms with Crippen LogP contribution in [0, 0.1) is 6.92 Å². The van der Waals surface area contributed by atoms with Gasteiger partial charge in [-0.3, -0.25) is 0 Å². The van der Waals surface area contributed by atoms with Crippen molar-refractivity contribution in [1.29, 1.82) is 0 Å². The van der Waals surface area contributed by atoms with E-state index in [0.717, 1.165) is 11.1 Å². The van der Waals surface area contributed by atoms with Gasteiger partial charge in [0.2, 0.25) is 11.7 Å². The Kier molecular flexibility index (Phi) is 4.01. The number of carbonyl (C=O) groups is 1. The Hall–Kier alpha value is -2.47. The zero-order valence-electron chi connectivity index (χ0n) is 13.4. The molecule has 2 heterocycles. The van der Waals surface area contributed by atoms with Crippen LogP contribution >= 0.6 is 11.6 Å². The highest BCUT2D eigenvalue weighted by atomic mass is 35.5. The zero-order valence-corrected chi connectivity index (χ0v) is 14.2. The van der Waals surface area contributed by atoms with Gasteiger partial charge in [-0.15, -0.1) is 0 Å². The molecule has 0 fully saturated rings. The molecule has 1 aromatic heterocycles. The van der Waals surface area contributed by atoms with E-state index in [4.69, 9.17) is 25.5 Å². The molecule has 3 rings (SSSR count). The van der Waals surface area contributed by atoms with Crippen LogP contribution < -0.4 is 15.7 Å². The van der Waals surface area contributed by atoms with E-state index in [2.05, 4.69) is 5.32 Å². The molecular weight excluding hydrogens is 334 g/mol. The Morgan fingerprint density at radius 3 is 2.62 bits per heavy atom. The lowest BCUT2D eigenvalue weighted by atomic mass is 10.1. The summed E-state index contributed by atoms with van der Waals surface area (Å²) < 4.78 is 15.7. The van der Waals surface area contributed by atoms with Gasteiger partial charge in [0.1, 0.15) is 0 Å². The van der Waals surface area contributed by atoms with Crippen LogP contribution in [0.5, 0.6) is 5.75 Å². The molecule has 2 aromatic rings. The first kappa shape index (κ1) is 16.4. The van der Waals surface area contributed by atoms with Crippen molar-refractivity contribution in [3.63, 3.8) is 0 Å². The summed E-state index contributed by atoms with van der Waals surface area (Å²) in [6, 6.07) is 7.00. The largest absolute Gasteiger partial charge is 0.451 e. The fourth-order valence-electron chi connectivity index (χ4n) is 2.42. The van der Waals surface area contributed by atoms with Crippen LogP contribution in [0.1, 0.15) is 35.3 Å². The lowest BCUT2D eigenvalue weighted by molar-refractivity contribution is -0.128. The van der Waals surface area contributed by atoms with Gasteiger partial charge in [-0.05, 0) is 30.2 Å². The number of halogens is 1. The molecule has 0 spiro atoms. The molecule has 0 saturated carbocycles. The highest BCUT2D eigenvalue weighted by Gasteiger charge is 2.37. The van der Waals surface area contributed by atoms with Gasteiger partial charge in [0.15, 0.2) is 11.3 Å². The van der Waals surface area contributed by atoms with Crippen molar-refractivity contribution in [3.05, 3.63) is 56.4 Å². The molecule has 1 aliphatic rings. The van der Waals surface area contributed by atoms with Gasteiger partial charge in [-0.1, -0.05) is 17.7 Å². The molecule has 24 heavy (non-hydrogen) atoms. The van der Waals surface area contributed by atoms with Crippen LogP contribution in [-0.2, 0) is 11.3 Å². The molecule has 1 aromatic carbocycles. The Morgan fingerprint density at radius 1 is 1.17 bits per heavy atom. The number of cyclic esters (lactones) is 1. The quantitative estimate of drug-likeness (QED) is 0.854. The first-order valence-electron chi connectivity index (χ1n) is 7.34.